The molecule has 2 fully saturated rings. The first kappa shape index (κ1) is 19.5. The SMILES string of the molecule is CC(NC(=O)C1(C(=O)Nc2ccccc2N2CCOCC2)CC1)c1ccccc1. The number of nitrogens with one attached hydrogen (secondary N) is 2. The third-order valence-corrected chi connectivity index (χ3v) is 5.77. The third kappa shape index (κ3) is 4.12. The van der Waals surface area contributed by atoms with E-state index in [9.17, 15) is 9.59 Å². The number of morpholine rings is 1. The van der Waals surface area contributed by atoms with E-state index in [0.29, 0.717) is 26.1 Å². The number of nitrogens with zero attached hydrogens (tertiary/aromatic N) is 1. The van der Waals surface area contributed by atoms with Crippen LogP contribution in [0.2, 0.25) is 0 Å². The minimum atomic E-state index is -0.971. The first-order valence-electron chi connectivity index (χ1n) is 10.2. The highest BCUT2D eigenvalue weighted by Gasteiger charge is 2.56. The van der Waals surface area contributed by atoms with Gasteiger partial charge in [-0.1, -0.05) is 42.5 Å². The van der Waals surface area contributed by atoms with E-state index in [0.717, 1.165) is 30.0 Å². The van der Waals surface area contributed by atoms with Gasteiger partial charge in [-0.05, 0) is 37.5 Å². The number of hydrogen-bond donors (Lipinski definition) is 2. The Morgan fingerprint density at radius 2 is 1.62 bits per heavy atom. The van der Waals surface area contributed by atoms with Crippen LogP contribution >= 0.6 is 0 Å². The molecule has 1 aliphatic carbocycles. The number of carbonyl (C=O) groups excluding carboxylic acids is 2. The molecule has 1 aliphatic heterocycles. The summed E-state index contributed by atoms with van der Waals surface area (Å²) in [5.74, 6) is -0.425. The summed E-state index contributed by atoms with van der Waals surface area (Å²) < 4.78 is 5.43. The molecule has 1 saturated carbocycles. The van der Waals surface area contributed by atoms with Crippen LogP contribution in [0.1, 0.15) is 31.4 Å². The van der Waals surface area contributed by atoms with E-state index in [4.69, 9.17) is 4.74 Å². The highest BCUT2D eigenvalue weighted by Crippen LogP contribution is 2.47. The van der Waals surface area contributed by atoms with Gasteiger partial charge in [-0.25, -0.2) is 0 Å². The Morgan fingerprint density at radius 1 is 0.966 bits per heavy atom. The molecule has 29 heavy (non-hydrogen) atoms. The maximum Gasteiger partial charge on any atom is 0.240 e. The number of rotatable bonds is 6. The van der Waals surface area contributed by atoms with Gasteiger partial charge in [-0.15, -0.1) is 0 Å². The summed E-state index contributed by atoms with van der Waals surface area (Å²) in [6.07, 6.45) is 1.15. The fraction of sp³-hybridized carbons (Fsp3) is 0.391. The zero-order chi connectivity index (χ0) is 20.3. The van der Waals surface area contributed by atoms with Crippen molar-refractivity contribution in [2.45, 2.75) is 25.8 Å². The van der Waals surface area contributed by atoms with Crippen molar-refractivity contribution < 1.29 is 14.3 Å². The van der Waals surface area contributed by atoms with E-state index in [1.165, 1.54) is 0 Å². The zero-order valence-electron chi connectivity index (χ0n) is 16.7. The van der Waals surface area contributed by atoms with Gasteiger partial charge in [0.15, 0.2) is 0 Å². The van der Waals surface area contributed by atoms with Crippen LogP contribution in [-0.4, -0.2) is 38.1 Å². The average Bonchev–Trinajstić information content (AvgIpc) is 3.58. The highest BCUT2D eigenvalue weighted by atomic mass is 16.5. The Labute approximate surface area is 171 Å². The van der Waals surface area contributed by atoms with Crippen molar-refractivity contribution in [3.8, 4) is 0 Å². The van der Waals surface area contributed by atoms with Crippen LogP contribution in [0.5, 0.6) is 0 Å². The summed E-state index contributed by atoms with van der Waals surface area (Å²) in [7, 11) is 0. The number of carbonyl (C=O) groups is 2. The maximum absolute atomic E-state index is 13.1. The Bertz CT molecular complexity index is 874. The second-order valence-corrected chi connectivity index (χ2v) is 7.76. The fourth-order valence-corrected chi connectivity index (χ4v) is 3.74. The largest absolute Gasteiger partial charge is 0.378 e. The van der Waals surface area contributed by atoms with Crippen molar-refractivity contribution >= 4 is 23.2 Å². The van der Waals surface area contributed by atoms with E-state index in [-0.39, 0.29) is 17.9 Å². The standard InChI is InChI=1S/C23H27N3O3/c1-17(18-7-3-2-4-8-18)24-21(27)23(11-12-23)22(28)25-19-9-5-6-10-20(19)26-13-15-29-16-14-26/h2-10,17H,11-16H2,1H3,(H,24,27)(H,25,28). The first-order chi connectivity index (χ1) is 14.1. The van der Waals surface area contributed by atoms with Crippen molar-refractivity contribution in [1.29, 1.82) is 0 Å². The van der Waals surface area contributed by atoms with Crippen molar-refractivity contribution in [3.05, 3.63) is 60.2 Å². The average molecular weight is 393 g/mol. The van der Waals surface area contributed by atoms with Crippen molar-refractivity contribution in [2.24, 2.45) is 5.41 Å². The molecule has 0 bridgehead atoms. The molecule has 152 valence electrons. The van der Waals surface area contributed by atoms with Gasteiger partial charge in [-0.3, -0.25) is 9.59 Å². The molecule has 2 aromatic carbocycles. The van der Waals surface area contributed by atoms with E-state index in [1.807, 2.05) is 61.5 Å². The van der Waals surface area contributed by atoms with Crippen molar-refractivity contribution in [3.63, 3.8) is 0 Å². The van der Waals surface area contributed by atoms with Gasteiger partial charge in [0.1, 0.15) is 5.41 Å². The summed E-state index contributed by atoms with van der Waals surface area (Å²) in [5.41, 5.74) is 1.77. The van der Waals surface area contributed by atoms with E-state index < -0.39 is 5.41 Å². The number of para-hydroxylation sites is 2. The normalized spacial score (nSPS) is 18.6. The van der Waals surface area contributed by atoms with E-state index >= 15 is 0 Å². The zero-order valence-corrected chi connectivity index (χ0v) is 16.7. The molecule has 2 amide bonds. The molecule has 2 aromatic rings. The minimum absolute atomic E-state index is 0.144. The molecular weight excluding hydrogens is 366 g/mol. The van der Waals surface area contributed by atoms with Gasteiger partial charge in [0, 0.05) is 13.1 Å². The maximum atomic E-state index is 13.1. The Balaban J connectivity index is 1.45. The number of benzene rings is 2. The molecule has 0 radical (unpaired) electrons. The lowest BCUT2D eigenvalue weighted by molar-refractivity contribution is -0.134. The van der Waals surface area contributed by atoms with E-state index in [2.05, 4.69) is 15.5 Å². The summed E-state index contributed by atoms with van der Waals surface area (Å²) in [4.78, 5) is 28.2. The predicted octanol–water partition coefficient (Wildman–Crippen LogP) is 3.12. The molecule has 2 aliphatic rings. The number of amides is 2. The van der Waals surface area contributed by atoms with Gasteiger partial charge in [0.25, 0.3) is 0 Å². The quantitative estimate of drug-likeness (QED) is 0.740. The lowest BCUT2D eigenvalue weighted by atomic mass is 10.0. The highest BCUT2D eigenvalue weighted by molar-refractivity contribution is 6.13. The van der Waals surface area contributed by atoms with Crippen molar-refractivity contribution in [1.82, 2.24) is 5.32 Å². The molecule has 6 nitrogen and oxygen atoms in total. The summed E-state index contributed by atoms with van der Waals surface area (Å²) in [6, 6.07) is 17.4. The molecular formula is C23H27N3O3. The van der Waals surface area contributed by atoms with Crippen molar-refractivity contribution in [2.75, 3.05) is 36.5 Å². The van der Waals surface area contributed by atoms with Crippen LogP contribution in [0.4, 0.5) is 11.4 Å². The predicted molar refractivity (Wildman–Crippen MR) is 113 cm³/mol. The van der Waals surface area contributed by atoms with Gasteiger partial charge in [0.2, 0.25) is 11.8 Å². The summed E-state index contributed by atoms with van der Waals surface area (Å²) >= 11 is 0. The van der Waals surface area contributed by atoms with Gasteiger partial charge >= 0.3 is 0 Å². The minimum Gasteiger partial charge on any atom is -0.378 e. The van der Waals surface area contributed by atoms with Crippen LogP contribution in [0, 0.1) is 5.41 Å². The summed E-state index contributed by atoms with van der Waals surface area (Å²) in [6.45, 7) is 4.85. The van der Waals surface area contributed by atoms with Crippen LogP contribution in [-0.2, 0) is 14.3 Å². The Hall–Kier alpha value is -2.86. The lowest BCUT2D eigenvalue weighted by Gasteiger charge is -2.30. The van der Waals surface area contributed by atoms with Gasteiger partial charge in [-0.2, -0.15) is 0 Å². The molecule has 1 atom stereocenters. The molecule has 0 spiro atoms. The second kappa shape index (κ2) is 8.25. The molecule has 2 N–H and O–H groups in total. The third-order valence-electron chi connectivity index (χ3n) is 5.77. The van der Waals surface area contributed by atoms with Crippen LogP contribution < -0.4 is 15.5 Å². The Morgan fingerprint density at radius 3 is 2.31 bits per heavy atom. The number of anilines is 2. The smallest absolute Gasteiger partial charge is 0.240 e. The fourth-order valence-electron chi connectivity index (χ4n) is 3.74. The monoisotopic (exact) mass is 393 g/mol. The molecule has 6 heteroatoms. The molecule has 4 rings (SSSR count). The van der Waals surface area contributed by atoms with Gasteiger partial charge in [0.05, 0.1) is 30.6 Å². The molecule has 0 aromatic heterocycles. The topological polar surface area (TPSA) is 70.7 Å². The lowest BCUT2D eigenvalue weighted by Crippen LogP contribution is -2.41. The Kier molecular flexibility index (Phi) is 5.53. The molecule has 1 unspecified atom stereocenters. The summed E-state index contributed by atoms with van der Waals surface area (Å²) in [5, 5.41) is 6.04. The van der Waals surface area contributed by atoms with Gasteiger partial charge < -0.3 is 20.3 Å². The van der Waals surface area contributed by atoms with E-state index in [1.54, 1.807) is 0 Å². The number of hydrogen-bond acceptors (Lipinski definition) is 4. The van der Waals surface area contributed by atoms with Crippen LogP contribution in [0.25, 0.3) is 0 Å². The number of ether oxygens (including phenoxy) is 1. The molecule has 1 heterocycles. The second-order valence-electron chi connectivity index (χ2n) is 7.76. The van der Waals surface area contributed by atoms with Crippen LogP contribution in [0.3, 0.4) is 0 Å². The molecule has 1 saturated heterocycles. The first-order valence-corrected chi connectivity index (χ1v) is 10.2. The van der Waals surface area contributed by atoms with Crippen LogP contribution in [0.15, 0.2) is 54.6 Å².